The standard InChI is InChI=1S/2C14H12F3N3O.C13H13N3O.C13H11N3O.C10H5BrN2.C4H9NO2.C3H7NO2.C3H9NO.CH4/c2*1-8(13(21)14(15,16)17)20-10-2-3-11-9(6-10)4-5-19-12(11)7-18;2*1-9(8-17)16-11-2-3-12-10(6-11)4-5-15-13(12)7-14;11-8-1-2-9-7(5-8)3-4-13-10(9)6-12;1-3(5)4(6)7-2;1-2(4)3(5)6;1-3(4)2-5;/h2*2-6,8,13,20-21H,1H3;2-6,9,16-17H,8H2,1H3;2-6,8-9,16H,1H3;1-5H;3H,5H2,1-2H3;2H,4H2,1H3,(H,5,6);3,5H,2,4H2,1H3;1H4/t8-,13+;8-,13-;2*9-;;3-;2-;3-;/m1111.111./s1. The highest BCUT2D eigenvalue weighted by Gasteiger charge is 2.43. The number of alkyl halides is 6. The summed E-state index contributed by atoms with van der Waals surface area (Å²) in [7, 11) is 1.31. The number of anilines is 4. The molecule has 108 heavy (non-hydrogen) atoms. The number of methoxy groups -OCH3 is 1. The van der Waals surface area contributed by atoms with Gasteiger partial charge in [0.25, 0.3) is 0 Å². The van der Waals surface area contributed by atoms with E-state index >= 15 is 0 Å². The van der Waals surface area contributed by atoms with Crippen LogP contribution in [0.25, 0.3) is 53.9 Å². The van der Waals surface area contributed by atoms with Gasteiger partial charge in [-0.25, -0.2) is 24.9 Å². The monoisotopic (exact) mass is 1560 g/mol. The predicted octanol–water partition coefficient (Wildman–Crippen LogP) is 11.4. The largest absolute Gasteiger partial charge is 0.480 e. The molecule has 26 nitrogen and oxygen atoms in total. The summed E-state index contributed by atoms with van der Waals surface area (Å²) in [5.41, 5.74) is 19.4. The van der Waals surface area contributed by atoms with Crippen LogP contribution in [0.15, 0.2) is 157 Å². The van der Waals surface area contributed by atoms with E-state index < -0.39 is 54.7 Å². The van der Waals surface area contributed by atoms with Gasteiger partial charge in [0.1, 0.15) is 77.2 Å². The summed E-state index contributed by atoms with van der Waals surface area (Å²) < 4.78 is 79.8. The number of aromatic nitrogens is 5. The summed E-state index contributed by atoms with van der Waals surface area (Å²) in [6.07, 6.45) is -5.64. The number of nitrogens with zero attached hydrogens (tertiary/aromatic N) is 10. The van der Waals surface area contributed by atoms with Crippen LogP contribution >= 0.6 is 15.9 Å². The highest BCUT2D eigenvalue weighted by Crippen LogP contribution is 2.30. The fraction of sp³-hybridized carbons (Fsp3) is 0.293. The summed E-state index contributed by atoms with van der Waals surface area (Å²) in [5.74, 6) is -1.34. The minimum absolute atomic E-state index is 0. The molecule has 5 aromatic heterocycles. The highest BCUT2D eigenvalue weighted by atomic mass is 79.9. The second-order valence-corrected chi connectivity index (χ2v) is 24.1. The van der Waals surface area contributed by atoms with Crippen molar-refractivity contribution < 1.29 is 71.0 Å². The van der Waals surface area contributed by atoms with Crippen molar-refractivity contribution in [2.24, 2.45) is 17.2 Å². The number of benzene rings is 5. The summed E-state index contributed by atoms with van der Waals surface area (Å²) in [4.78, 5) is 50.1. The number of fused-ring (bicyclic) bond motifs is 5. The Morgan fingerprint density at radius 2 is 0.759 bits per heavy atom. The van der Waals surface area contributed by atoms with Crippen LogP contribution in [0.2, 0.25) is 0 Å². The molecule has 10 rings (SSSR count). The molecular weight excluding hydrogens is 1480 g/mol. The number of carboxylic acids is 1. The van der Waals surface area contributed by atoms with Gasteiger partial charge in [-0.3, -0.25) is 9.59 Å². The Hall–Kier alpha value is -11.8. The first-order valence-corrected chi connectivity index (χ1v) is 32.7. The first kappa shape index (κ1) is 92.3. The molecule has 0 saturated heterocycles. The average Bonchev–Trinajstić information content (AvgIpc) is 0.834. The van der Waals surface area contributed by atoms with Crippen molar-refractivity contribution in [3.05, 3.63) is 185 Å². The van der Waals surface area contributed by atoms with Crippen LogP contribution in [0.1, 0.15) is 84.4 Å². The number of nitrogens with one attached hydrogen (secondary N) is 4. The Morgan fingerprint density at radius 3 is 0.981 bits per heavy atom. The third-order valence-electron chi connectivity index (χ3n) is 14.3. The molecule has 0 fully saturated rings. The molecule has 33 heteroatoms. The van der Waals surface area contributed by atoms with Crippen molar-refractivity contribution in [3.63, 3.8) is 0 Å². The molecule has 0 radical (unpaired) electrons. The number of aliphatic carboxylic acids is 1. The number of carbonyl (C=O) groups is 3. The zero-order chi connectivity index (χ0) is 80.3. The molecule has 9 atom stereocenters. The lowest BCUT2D eigenvalue weighted by Gasteiger charge is -2.23. The number of nitrogens with two attached hydrogens (primary N) is 3. The number of rotatable bonds is 15. The van der Waals surface area contributed by atoms with Gasteiger partial charge < -0.3 is 73.5 Å². The van der Waals surface area contributed by atoms with E-state index in [-0.39, 0.29) is 56.1 Å². The number of hydrogen-bond acceptors (Lipinski definition) is 25. The first-order valence-electron chi connectivity index (χ1n) is 31.9. The number of aliphatic hydroxyl groups excluding tert-OH is 4. The maximum absolute atomic E-state index is 12.4. The van der Waals surface area contributed by atoms with Crippen LogP contribution in [-0.2, 0) is 19.1 Å². The Bertz CT molecular complexity index is 4690. The van der Waals surface area contributed by atoms with Gasteiger partial charge in [0.15, 0.2) is 12.2 Å². The molecule has 10 aromatic rings. The first-order chi connectivity index (χ1) is 50.5. The molecule has 0 saturated carbocycles. The Morgan fingerprint density at radius 1 is 0.491 bits per heavy atom. The number of carboxylic acid groups (broad SMARTS) is 1. The molecule has 0 aliphatic rings. The topological polar surface area (TPSA) is 471 Å². The average molecular weight is 1560 g/mol. The maximum atomic E-state index is 12.4. The number of esters is 1. The van der Waals surface area contributed by atoms with Gasteiger partial charge in [-0.15, -0.1) is 0 Å². The number of carbonyl (C=O) groups excluding carboxylic acids is 2. The highest BCUT2D eigenvalue weighted by molar-refractivity contribution is 9.10. The van der Waals surface area contributed by atoms with Crippen LogP contribution in [-0.4, -0.2) is 156 Å². The molecule has 0 amide bonds. The summed E-state index contributed by atoms with van der Waals surface area (Å²) >= 11 is 3.38. The smallest absolute Gasteiger partial charge is 0.416 e. The second-order valence-electron chi connectivity index (χ2n) is 23.2. The molecule has 0 aliphatic carbocycles. The van der Waals surface area contributed by atoms with Gasteiger partial charge in [-0.1, -0.05) is 29.4 Å². The fourth-order valence-corrected chi connectivity index (χ4v) is 9.11. The van der Waals surface area contributed by atoms with Crippen molar-refractivity contribution in [2.45, 2.75) is 123 Å². The number of ether oxygens (including phenoxy) is 1. The van der Waals surface area contributed by atoms with E-state index in [1.165, 1.54) is 40.3 Å². The van der Waals surface area contributed by atoms with E-state index in [0.717, 1.165) is 54.5 Å². The molecule has 5 heterocycles. The number of pyridine rings is 5. The van der Waals surface area contributed by atoms with Gasteiger partial charge in [0, 0.05) is 97.2 Å². The van der Waals surface area contributed by atoms with Crippen molar-refractivity contribution in [1.29, 1.82) is 26.3 Å². The zero-order valence-corrected chi connectivity index (χ0v) is 60.4. The Balaban J connectivity index is 0.000000435. The van der Waals surface area contributed by atoms with Crippen molar-refractivity contribution in [1.82, 2.24) is 24.9 Å². The zero-order valence-electron chi connectivity index (χ0n) is 58.8. The van der Waals surface area contributed by atoms with E-state index in [2.05, 4.69) is 85.1 Å². The molecule has 0 unspecified atom stereocenters. The lowest BCUT2D eigenvalue weighted by Crippen LogP contribution is -2.42. The van der Waals surface area contributed by atoms with E-state index in [4.69, 9.17) is 58.8 Å². The number of nitriles is 5. The van der Waals surface area contributed by atoms with Gasteiger partial charge >= 0.3 is 24.3 Å². The second kappa shape index (κ2) is 45.5. The third kappa shape index (κ3) is 30.0. The number of hydrogen-bond donors (Lipinski definition) is 12. The van der Waals surface area contributed by atoms with E-state index in [9.17, 15) is 50.9 Å². The van der Waals surface area contributed by atoms with Crippen LogP contribution in [0.5, 0.6) is 0 Å². The van der Waals surface area contributed by atoms with Crippen LogP contribution < -0.4 is 38.5 Å². The summed E-state index contributed by atoms with van der Waals surface area (Å²) in [5, 5.41) is 107. The molecule has 15 N–H and O–H groups in total. The maximum Gasteiger partial charge on any atom is 0.416 e. The molecule has 570 valence electrons. The lowest BCUT2D eigenvalue weighted by atomic mass is 10.1. The van der Waals surface area contributed by atoms with Crippen molar-refractivity contribution in [3.8, 4) is 30.3 Å². The quantitative estimate of drug-likeness (QED) is 0.0258. The van der Waals surface area contributed by atoms with Gasteiger partial charge in [0.2, 0.25) is 0 Å². The normalized spacial score (nSPS) is 12.9. The van der Waals surface area contributed by atoms with Crippen molar-refractivity contribution in [2.75, 3.05) is 41.6 Å². The minimum atomic E-state index is -4.68. The van der Waals surface area contributed by atoms with Gasteiger partial charge in [0.05, 0.1) is 38.4 Å². The van der Waals surface area contributed by atoms with Gasteiger partial charge in [-0.05, 0) is 191 Å². The van der Waals surface area contributed by atoms with Crippen molar-refractivity contribution >= 4 is 111 Å². The summed E-state index contributed by atoms with van der Waals surface area (Å²) in [6, 6.07) is 41.7. The lowest BCUT2D eigenvalue weighted by molar-refractivity contribution is -0.206. The van der Waals surface area contributed by atoms with E-state index in [1.54, 1.807) is 87.9 Å². The molecular formula is C75H82BrF6N17O9. The van der Waals surface area contributed by atoms with E-state index in [1.807, 2.05) is 91.9 Å². The minimum Gasteiger partial charge on any atom is -0.480 e. The van der Waals surface area contributed by atoms with Crippen LogP contribution in [0.3, 0.4) is 0 Å². The number of halogens is 7. The fourth-order valence-electron chi connectivity index (χ4n) is 8.73. The number of aldehydes is 1. The van der Waals surface area contributed by atoms with Gasteiger partial charge in [-0.2, -0.15) is 52.7 Å². The SMILES string of the molecule is C.COC(=O)[C@@H](C)N.C[C@@H](N)C(=O)O.C[C@@H](N)CO.C[C@@H](Nc1ccc2c(C#N)nccc2c1)[C@@H](O)C(F)(F)F.C[C@@H](Nc1ccc2c(C#N)nccc2c1)[C@H](O)C(F)(F)F.C[C@H](C=O)Nc1ccc2c(C#N)nccc2c1.C[C@H](CO)Nc1ccc2c(C#N)nccc2c1.N#Cc1nccc2cc(Br)ccc12. The summed E-state index contributed by atoms with van der Waals surface area (Å²) in [6.45, 7) is 11.1. The number of aliphatic hydroxyl groups is 4. The molecule has 0 bridgehead atoms. The van der Waals surface area contributed by atoms with Crippen LogP contribution in [0.4, 0.5) is 49.1 Å². The molecule has 0 aliphatic heterocycles. The third-order valence-corrected chi connectivity index (χ3v) is 14.7. The Kier molecular flexibility index (Phi) is 38.9. The molecule has 5 aromatic carbocycles. The van der Waals surface area contributed by atoms with E-state index in [0.29, 0.717) is 50.0 Å². The van der Waals surface area contributed by atoms with Crippen LogP contribution in [0, 0.1) is 56.7 Å². The Labute approximate surface area is 627 Å². The predicted molar refractivity (Wildman–Crippen MR) is 404 cm³/mol. The molecule has 0 spiro atoms.